The maximum atomic E-state index is 14.1. The minimum absolute atomic E-state index is 0.0471. The van der Waals surface area contributed by atoms with Crippen LogP contribution in [0.25, 0.3) is 17.0 Å². The van der Waals surface area contributed by atoms with Gasteiger partial charge in [0.25, 0.3) is 5.56 Å². The van der Waals surface area contributed by atoms with Crippen LogP contribution in [-0.4, -0.2) is 41.9 Å². The number of hydrogen-bond acceptors (Lipinski definition) is 8. The lowest BCUT2D eigenvalue weighted by atomic mass is 9.95. The summed E-state index contributed by atoms with van der Waals surface area (Å²) in [6.45, 7) is 5.72. The Hall–Kier alpha value is -4.15. The Labute approximate surface area is 244 Å². The van der Waals surface area contributed by atoms with E-state index in [2.05, 4.69) is 4.99 Å². The lowest BCUT2D eigenvalue weighted by Crippen LogP contribution is -2.40. The van der Waals surface area contributed by atoms with Crippen molar-refractivity contribution in [1.29, 1.82) is 0 Å². The standard InChI is InChI=1S/C30H28ClN3O6S/c1-6-40-25(35)15-33-17(3)20(19-9-7-8-10-22(19)33)14-24-28(36)34-27(21-13-18(31)11-12-23(21)38-4)26(29(37)39-5)16(2)32-30(34)41-24/h7-14,27H,6,15H2,1-5H3/b24-14-/t27-/m1/s1. The second-order valence-electron chi connectivity index (χ2n) is 9.37. The van der Waals surface area contributed by atoms with E-state index in [-0.39, 0.29) is 30.3 Å². The van der Waals surface area contributed by atoms with Crippen molar-refractivity contribution in [3.05, 3.63) is 95.3 Å². The summed E-state index contributed by atoms with van der Waals surface area (Å²) in [5.41, 5.74) is 3.30. The number of carbonyl (C=O) groups is 2. The van der Waals surface area contributed by atoms with Gasteiger partial charge in [-0.15, -0.1) is 0 Å². The Bertz CT molecular complexity index is 1920. The number of ether oxygens (including phenoxy) is 3. The number of halogens is 1. The van der Waals surface area contributed by atoms with Gasteiger partial charge < -0.3 is 18.8 Å². The van der Waals surface area contributed by atoms with Gasteiger partial charge in [0.2, 0.25) is 0 Å². The van der Waals surface area contributed by atoms with Crippen molar-refractivity contribution < 1.29 is 23.8 Å². The number of methoxy groups -OCH3 is 2. The first-order valence-electron chi connectivity index (χ1n) is 12.9. The zero-order valence-electron chi connectivity index (χ0n) is 23.2. The van der Waals surface area contributed by atoms with Crippen LogP contribution in [0.4, 0.5) is 0 Å². The predicted octanol–water partition coefficient (Wildman–Crippen LogP) is 3.90. The van der Waals surface area contributed by atoms with E-state index in [1.54, 1.807) is 32.0 Å². The van der Waals surface area contributed by atoms with E-state index in [0.29, 0.717) is 31.4 Å². The number of esters is 2. The molecule has 0 bridgehead atoms. The average molecular weight is 594 g/mol. The molecule has 4 aromatic rings. The van der Waals surface area contributed by atoms with Gasteiger partial charge in [-0.05, 0) is 51.1 Å². The summed E-state index contributed by atoms with van der Waals surface area (Å²) in [7, 11) is 2.80. The van der Waals surface area contributed by atoms with Gasteiger partial charge in [0, 0.05) is 32.7 Å². The first-order chi connectivity index (χ1) is 19.7. The molecule has 1 atom stereocenters. The van der Waals surface area contributed by atoms with Gasteiger partial charge >= 0.3 is 11.9 Å². The fourth-order valence-corrected chi connectivity index (χ4v) is 6.43. The minimum atomic E-state index is -0.874. The smallest absolute Gasteiger partial charge is 0.338 e. The lowest BCUT2D eigenvalue weighted by molar-refractivity contribution is -0.143. The monoisotopic (exact) mass is 593 g/mol. The van der Waals surface area contributed by atoms with E-state index in [9.17, 15) is 14.4 Å². The topological polar surface area (TPSA) is 101 Å². The van der Waals surface area contributed by atoms with E-state index in [4.69, 9.17) is 25.8 Å². The molecule has 41 heavy (non-hydrogen) atoms. The largest absolute Gasteiger partial charge is 0.496 e. The molecule has 0 saturated carbocycles. The molecule has 0 N–H and O–H groups in total. The summed E-state index contributed by atoms with van der Waals surface area (Å²) in [5.74, 6) is -0.489. The molecule has 2 aromatic heterocycles. The highest BCUT2D eigenvalue weighted by atomic mass is 35.5. The number of benzene rings is 2. The first kappa shape index (κ1) is 28.4. The van der Waals surface area contributed by atoms with Crippen LogP contribution in [-0.2, 0) is 25.6 Å². The molecule has 11 heteroatoms. The molecule has 0 amide bonds. The minimum Gasteiger partial charge on any atom is -0.496 e. The molecular weight excluding hydrogens is 566 g/mol. The van der Waals surface area contributed by atoms with E-state index in [1.165, 1.54) is 30.1 Å². The number of fused-ring (bicyclic) bond motifs is 2. The van der Waals surface area contributed by atoms with Gasteiger partial charge in [-0.3, -0.25) is 14.2 Å². The summed E-state index contributed by atoms with van der Waals surface area (Å²) in [6, 6.07) is 11.9. The first-order valence-corrected chi connectivity index (χ1v) is 14.1. The molecule has 2 aromatic carbocycles. The fourth-order valence-electron chi connectivity index (χ4n) is 5.22. The maximum absolute atomic E-state index is 14.1. The van der Waals surface area contributed by atoms with Crippen LogP contribution in [0.1, 0.15) is 36.7 Å². The molecule has 0 fully saturated rings. The summed E-state index contributed by atoms with van der Waals surface area (Å²) in [5, 5.41) is 1.31. The van der Waals surface area contributed by atoms with Crippen LogP contribution in [0.15, 0.2) is 63.5 Å². The molecular formula is C30H28ClN3O6S. The quantitative estimate of drug-likeness (QED) is 0.301. The number of aromatic nitrogens is 2. The van der Waals surface area contributed by atoms with E-state index in [1.807, 2.05) is 41.8 Å². The Balaban J connectivity index is 1.77. The van der Waals surface area contributed by atoms with Crippen LogP contribution in [0.3, 0.4) is 0 Å². The van der Waals surface area contributed by atoms with Crippen molar-refractivity contribution in [3.8, 4) is 5.75 Å². The number of hydrogen-bond donors (Lipinski definition) is 0. The van der Waals surface area contributed by atoms with Gasteiger partial charge in [-0.25, -0.2) is 9.79 Å². The van der Waals surface area contributed by atoms with Gasteiger partial charge in [0.05, 0.1) is 36.6 Å². The highest BCUT2D eigenvalue weighted by Gasteiger charge is 2.35. The van der Waals surface area contributed by atoms with Crippen LogP contribution < -0.4 is 19.6 Å². The Morgan fingerprint density at radius 1 is 1.15 bits per heavy atom. The number of carbonyl (C=O) groups excluding carboxylic acids is 2. The highest BCUT2D eigenvalue weighted by molar-refractivity contribution is 7.07. The molecule has 1 aliphatic rings. The molecule has 0 saturated heterocycles. The van der Waals surface area contributed by atoms with E-state index >= 15 is 0 Å². The zero-order chi connectivity index (χ0) is 29.4. The summed E-state index contributed by atoms with van der Waals surface area (Å²) in [4.78, 5) is 44.6. The molecule has 1 aliphatic heterocycles. The molecule has 0 unspecified atom stereocenters. The number of allylic oxidation sites excluding steroid dienone is 1. The molecule has 3 heterocycles. The third-order valence-corrected chi connectivity index (χ3v) is 8.28. The molecule has 0 spiro atoms. The van der Waals surface area contributed by atoms with Gasteiger partial charge in [-0.2, -0.15) is 0 Å². The van der Waals surface area contributed by atoms with Gasteiger partial charge in [-0.1, -0.05) is 41.1 Å². The third kappa shape index (κ3) is 4.98. The predicted molar refractivity (Wildman–Crippen MR) is 157 cm³/mol. The van der Waals surface area contributed by atoms with Crippen LogP contribution in [0.2, 0.25) is 5.02 Å². The molecule has 0 radical (unpaired) electrons. The number of nitrogens with zero attached hydrogens (tertiary/aromatic N) is 3. The van der Waals surface area contributed by atoms with Gasteiger partial charge in [0.15, 0.2) is 4.80 Å². The Kier molecular flexibility index (Phi) is 7.88. The summed E-state index contributed by atoms with van der Waals surface area (Å²) < 4.78 is 19.7. The molecule has 0 aliphatic carbocycles. The fraction of sp³-hybridized carbons (Fsp3) is 0.267. The van der Waals surface area contributed by atoms with Crippen molar-refractivity contribution >= 4 is 51.9 Å². The van der Waals surface area contributed by atoms with Crippen LogP contribution in [0.5, 0.6) is 5.75 Å². The van der Waals surface area contributed by atoms with Crippen LogP contribution >= 0.6 is 22.9 Å². The van der Waals surface area contributed by atoms with Gasteiger partial charge in [0.1, 0.15) is 18.3 Å². The SMILES string of the molecule is CCOC(=O)Cn1c(C)c(/C=c2\sc3n(c2=O)[C@H](c2cc(Cl)ccc2OC)C(C(=O)OC)=C(C)N=3)c2ccccc21. The van der Waals surface area contributed by atoms with Crippen molar-refractivity contribution in [2.24, 2.45) is 4.99 Å². The van der Waals surface area contributed by atoms with Crippen molar-refractivity contribution in [2.75, 3.05) is 20.8 Å². The normalized spacial score (nSPS) is 15.1. The lowest BCUT2D eigenvalue weighted by Gasteiger charge is -2.25. The summed E-state index contributed by atoms with van der Waals surface area (Å²) in [6.07, 6.45) is 1.81. The number of rotatable bonds is 7. The molecule has 9 nitrogen and oxygen atoms in total. The third-order valence-electron chi connectivity index (χ3n) is 7.06. The van der Waals surface area contributed by atoms with Crippen LogP contribution in [0, 0.1) is 6.92 Å². The van der Waals surface area contributed by atoms with Crippen molar-refractivity contribution in [2.45, 2.75) is 33.4 Å². The second-order valence-corrected chi connectivity index (χ2v) is 10.8. The number of para-hydroxylation sites is 1. The highest BCUT2D eigenvalue weighted by Crippen LogP contribution is 2.37. The van der Waals surface area contributed by atoms with Crippen molar-refractivity contribution in [1.82, 2.24) is 9.13 Å². The Morgan fingerprint density at radius 2 is 1.90 bits per heavy atom. The number of thiazole rings is 1. The maximum Gasteiger partial charge on any atom is 0.338 e. The molecule has 212 valence electrons. The zero-order valence-corrected chi connectivity index (χ0v) is 24.8. The van der Waals surface area contributed by atoms with E-state index < -0.39 is 12.0 Å². The van der Waals surface area contributed by atoms with Crippen molar-refractivity contribution in [3.63, 3.8) is 0 Å². The summed E-state index contributed by atoms with van der Waals surface area (Å²) >= 11 is 7.58. The molecule has 5 rings (SSSR count). The Morgan fingerprint density at radius 3 is 2.61 bits per heavy atom. The van der Waals surface area contributed by atoms with E-state index in [0.717, 1.165) is 22.2 Å². The second kappa shape index (κ2) is 11.4. The average Bonchev–Trinajstić information content (AvgIpc) is 3.40.